The zero-order chi connectivity index (χ0) is 15.4. The normalized spacial score (nSPS) is 21.7. The number of aliphatic hydroxyl groups excluding tert-OH is 1. The average Bonchev–Trinajstić information content (AvgIpc) is 2.49. The maximum absolute atomic E-state index is 12.3. The minimum Gasteiger partial charge on any atom is -0.495 e. The van der Waals surface area contributed by atoms with E-state index in [-0.39, 0.29) is 18.1 Å². The van der Waals surface area contributed by atoms with Crippen molar-refractivity contribution in [3.63, 3.8) is 0 Å². The summed E-state index contributed by atoms with van der Waals surface area (Å²) in [6, 6.07) is 3.47. The van der Waals surface area contributed by atoms with Crippen LogP contribution in [-0.4, -0.2) is 37.4 Å². The number of ether oxygens (including phenoxy) is 2. The molecule has 1 saturated carbocycles. The molecule has 1 aromatic rings. The van der Waals surface area contributed by atoms with E-state index in [1.807, 2.05) is 0 Å². The lowest BCUT2D eigenvalue weighted by atomic mass is 9.93. The topological polar surface area (TPSA) is 67.8 Å². The van der Waals surface area contributed by atoms with Gasteiger partial charge in [0, 0.05) is 11.6 Å². The van der Waals surface area contributed by atoms with Gasteiger partial charge in [-0.05, 0) is 53.7 Å². The van der Waals surface area contributed by atoms with E-state index < -0.39 is 0 Å². The monoisotopic (exact) mass is 357 g/mol. The van der Waals surface area contributed by atoms with Crippen molar-refractivity contribution in [3.8, 4) is 11.5 Å². The van der Waals surface area contributed by atoms with Crippen LogP contribution in [0.15, 0.2) is 16.6 Å². The Bertz CT molecular complexity index is 487. The minimum atomic E-state index is -0.231. The molecule has 0 aliphatic heterocycles. The highest BCUT2D eigenvalue weighted by Crippen LogP contribution is 2.35. The van der Waals surface area contributed by atoms with Crippen LogP contribution in [0, 0.1) is 0 Å². The van der Waals surface area contributed by atoms with E-state index in [2.05, 4.69) is 21.2 Å². The molecular formula is C15H20BrNO4. The molecule has 116 valence electrons. The molecule has 0 atom stereocenters. The van der Waals surface area contributed by atoms with Crippen LogP contribution in [0.2, 0.25) is 0 Å². The van der Waals surface area contributed by atoms with Crippen LogP contribution < -0.4 is 14.8 Å². The SMILES string of the molecule is COc1cc(C(=O)NC2CCC(O)CC2)cc(OC)c1Br. The fraction of sp³-hybridized carbons (Fsp3) is 0.533. The minimum absolute atomic E-state index is 0.113. The van der Waals surface area contributed by atoms with E-state index >= 15 is 0 Å². The summed E-state index contributed by atoms with van der Waals surface area (Å²) in [5, 5.41) is 12.5. The van der Waals surface area contributed by atoms with Gasteiger partial charge in [0.1, 0.15) is 16.0 Å². The van der Waals surface area contributed by atoms with Gasteiger partial charge in [-0.25, -0.2) is 0 Å². The van der Waals surface area contributed by atoms with E-state index in [1.54, 1.807) is 26.4 Å². The van der Waals surface area contributed by atoms with Crippen LogP contribution in [0.5, 0.6) is 11.5 Å². The van der Waals surface area contributed by atoms with E-state index in [9.17, 15) is 9.90 Å². The quantitative estimate of drug-likeness (QED) is 0.868. The van der Waals surface area contributed by atoms with Crippen LogP contribution >= 0.6 is 15.9 Å². The second-order valence-electron chi connectivity index (χ2n) is 5.17. The van der Waals surface area contributed by atoms with Crippen LogP contribution in [0.4, 0.5) is 0 Å². The van der Waals surface area contributed by atoms with Crippen LogP contribution in [0.1, 0.15) is 36.0 Å². The first-order chi connectivity index (χ1) is 10.0. The van der Waals surface area contributed by atoms with Gasteiger partial charge in [0.05, 0.1) is 20.3 Å². The van der Waals surface area contributed by atoms with Gasteiger partial charge < -0.3 is 19.9 Å². The fourth-order valence-electron chi connectivity index (χ4n) is 2.49. The van der Waals surface area contributed by atoms with Gasteiger partial charge in [0.25, 0.3) is 5.91 Å². The second kappa shape index (κ2) is 7.13. The average molecular weight is 358 g/mol. The first-order valence-electron chi connectivity index (χ1n) is 6.95. The molecule has 1 aliphatic rings. The Balaban J connectivity index is 2.11. The summed E-state index contributed by atoms with van der Waals surface area (Å²) in [4.78, 5) is 12.3. The predicted octanol–water partition coefficient (Wildman–Crippen LogP) is 2.50. The van der Waals surface area contributed by atoms with E-state index in [4.69, 9.17) is 9.47 Å². The molecule has 1 aromatic carbocycles. The summed E-state index contributed by atoms with van der Waals surface area (Å²) in [5.41, 5.74) is 0.498. The Labute approximate surface area is 132 Å². The van der Waals surface area contributed by atoms with Crippen molar-refractivity contribution < 1.29 is 19.4 Å². The number of carbonyl (C=O) groups excluding carboxylic acids is 1. The maximum atomic E-state index is 12.3. The van der Waals surface area contributed by atoms with Crippen LogP contribution in [0.3, 0.4) is 0 Å². The summed E-state index contributed by atoms with van der Waals surface area (Å²) < 4.78 is 11.2. The number of hydrogen-bond acceptors (Lipinski definition) is 4. The molecule has 21 heavy (non-hydrogen) atoms. The molecule has 5 nitrogen and oxygen atoms in total. The lowest BCUT2D eigenvalue weighted by molar-refractivity contribution is 0.0867. The van der Waals surface area contributed by atoms with Crippen molar-refractivity contribution in [2.24, 2.45) is 0 Å². The molecule has 1 fully saturated rings. The Hall–Kier alpha value is -1.27. The summed E-state index contributed by atoms with van der Waals surface area (Å²) in [6.45, 7) is 0. The largest absolute Gasteiger partial charge is 0.495 e. The molecule has 1 aliphatic carbocycles. The molecule has 1 amide bonds. The maximum Gasteiger partial charge on any atom is 0.251 e. The first kappa shape index (κ1) is 16.1. The number of halogens is 1. The van der Waals surface area contributed by atoms with Crippen molar-refractivity contribution in [2.75, 3.05) is 14.2 Å². The summed E-state index contributed by atoms with van der Waals surface area (Å²) >= 11 is 3.38. The number of rotatable bonds is 4. The van der Waals surface area contributed by atoms with Crippen LogP contribution in [-0.2, 0) is 0 Å². The second-order valence-corrected chi connectivity index (χ2v) is 5.97. The van der Waals surface area contributed by atoms with Crippen molar-refractivity contribution in [3.05, 3.63) is 22.2 Å². The Kier molecular flexibility index (Phi) is 5.47. The molecule has 2 rings (SSSR count). The van der Waals surface area contributed by atoms with E-state index in [1.165, 1.54) is 0 Å². The molecule has 0 unspecified atom stereocenters. The molecule has 6 heteroatoms. The third kappa shape index (κ3) is 3.89. The Morgan fingerprint density at radius 3 is 2.19 bits per heavy atom. The lowest BCUT2D eigenvalue weighted by Crippen LogP contribution is -2.38. The fourth-order valence-corrected chi connectivity index (χ4v) is 3.04. The number of hydrogen-bond donors (Lipinski definition) is 2. The van der Waals surface area contributed by atoms with Gasteiger partial charge >= 0.3 is 0 Å². The van der Waals surface area contributed by atoms with Gasteiger partial charge in [0.15, 0.2) is 0 Å². The van der Waals surface area contributed by atoms with Gasteiger partial charge in [-0.1, -0.05) is 0 Å². The number of methoxy groups -OCH3 is 2. The number of aliphatic hydroxyl groups is 1. The van der Waals surface area contributed by atoms with Gasteiger partial charge in [-0.3, -0.25) is 4.79 Å². The molecule has 0 radical (unpaired) electrons. The zero-order valence-electron chi connectivity index (χ0n) is 12.2. The highest BCUT2D eigenvalue weighted by Gasteiger charge is 2.22. The highest BCUT2D eigenvalue weighted by atomic mass is 79.9. The van der Waals surface area contributed by atoms with Gasteiger partial charge in [-0.15, -0.1) is 0 Å². The third-order valence-corrected chi connectivity index (χ3v) is 4.52. The summed E-state index contributed by atoms with van der Waals surface area (Å²) in [6.07, 6.45) is 2.84. The predicted molar refractivity (Wildman–Crippen MR) is 83.0 cm³/mol. The molecule has 0 saturated heterocycles. The molecule has 0 bridgehead atoms. The number of amides is 1. The Morgan fingerprint density at radius 2 is 1.71 bits per heavy atom. The van der Waals surface area contributed by atoms with E-state index in [0.717, 1.165) is 25.7 Å². The smallest absolute Gasteiger partial charge is 0.251 e. The first-order valence-corrected chi connectivity index (χ1v) is 7.75. The van der Waals surface area contributed by atoms with Crippen molar-refractivity contribution in [1.82, 2.24) is 5.32 Å². The van der Waals surface area contributed by atoms with Crippen molar-refractivity contribution in [1.29, 1.82) is 0 Å². The number of benzene rings is 1. The van der Waals surface area contributed by atoms with Crippen molar-refractivity contribution in [2.45, 2.75) is 37.8 Å². The molecule has 2 N–H and O–H groups in total. The third-order valence-electron chi connectivity index (χ3n) is 3.74. The van der Waals surface area contributed by atoms with E-state index in [0.29, 0.717) is 21.5 Å². The summed E-state index contributed by atoms with van der Waals surface area (Å²) in [7, 11) is 3.09. The zero-order valence-corrected chi connectivity index (χ0v) is 13.8. The summed E-state index contributed by atoms with van der Waals surface area (Å²) in [5.74, 6) is 0.956. The highest BCUT2D eigenvalue weighted by molar-refractivity contribution is 9.10. The van der Waals surface area contributed by atoms with Gasteiger partial charge in [-0.2, -0.15) is 0 Å². The number of carbonyl (C=O) groups is 1. The Morgan fingerprint density at radius 1 is 1.19 bits per heavy atom. The molecule has 0 aromatic heterocycles. The molecule has 0 spiro atoms. The lowest BCUT2D eigenvalue weighted by Gasteiger charge is -2.26. The van der Waals surface area contributed by atoms with Crippen LogP contribution in [0.25, 0.3) is 0 Å². The van der Waals surface area contributed by atoms with Crippen molar-refractivity contribution >= 4 is 21.8 Å². The number of nitrogens with one attached hydrogen (secondary N) is 1. The van der Waals surface area contributed by atoms with Gasteiger partial charge in [0.2, 0.25) is 0 Å². The molecular weight excluding hydrogens is 338 g/mol. The molecule has 0 heterocycles. The standard InChI is InChI=1S/C15H20BrNO4/c1-20-12-7-9(8-13(21-2)14(12)16)15(19)17-10-3-5-11(18)6-4-10/h7-8,10-11,18H,3-6H2,1-2H3,(H,17,19).